The van der Waals surface area contributed by atoms with Crippen molar-refractivity contribution in [3.63, 3.8) is 0 Å². The molecule has 0 bridgehead atoms. The van der Waals surface area contributed by atoms with Gasteiger partial charge >= 0.3 is 0 Å². The Kier molecular flexibility index (Phi) is 8.09. The van der Waals surface area contributed by atoms with Crippen molar-refractivity contribution < 1.29 is 13.5 Å². The van der Waals surface area contributed by atoms with E-state index in [-0.39, 0.29) is 16.5 Å². The molecule has 6 nitrogen and oxygen atoms in total. The van der Waals surface area contributed by atoms with Crippen LogP contribution in [-0.2, 0) is 16.4 Å². The number of sulfone groups is 1. The number of halogens is 1. The molecule has 2 aromatic rings. The average Bonchev–Trinajstić information content (AvgIpc) is 3.13. The van der Waals surface area contributed by atoms with Crippen LogP contribution in [0, 0.1) is 0 Å². The minimum Gasteiger partial charge on any atom is -0.390 e. The van der Waals surface area contributed by atoms with E-state index in [9.17, 15) is 13.5 Å². The van der Waals surface area contributed by atoms with Crippen molar-refractivity contribution >= 4 is 38.7 Å². The summed E-state index contributed by atoms with van der Waals surface area (Å²) in [4.78, 5) is 6.28. The third-order valence-electron chi connectivity index (χ3n) is 3.67. The minimum atomic E-state index is -3.50. The highest BCUT2D eigenvalue weighted by Gasteiger charge is 2.21. The molecule has 1 atom stereocenters. The summed E-state index contributed by atoms with van der Waals surface area (Å²) in [5.74, 6) is 0.235. The van der Waals surface area contributed by atoms with Crippen molar-refractivity contribution in [2.24, 2.45) is 4.99 Å². The second-order valence-electron chi connectivity index (χ2n) is 6.05. The summed E-state index contributed by atoms with van der Waals surface area (Å²) in [6.45, 7) is 3.17. The molecule has 27 heavy (non-hydrogen) atoms. The number of rotatable bonds is 8. The average molecular weight is 430 g/mol. The molecule has 1 aromatic carbocycles. The predicted octanol–water partition coefficient (Wildman–Crippen LogP) is 2.63. The van der Waals surface area contributed by atoms with Crippen LogP contribution in [0.3, 0.4) is 0 Å². The molecule has 1 unspecified atom stereocenters. The molecule has 0 aliphatic rings. The molecule has 1 aromatic heterocycles. The molecule has 0 spiro atoms. The van der Waals surface area contributed by atoms with E-state index in [1.165, 1.54) is 0 Å². The van der Waals surface area contributed by atoms with Gasteiger partial charge in [-0.2, -0.15) is 0 Å². The smallest absolute Gasteiger partial charge is 0.194 e. The SMILES string of the molecule is CCNC(=NCC(O)CS(=O)(=O)c1cccs1)N(C)Cc1cccc(Cl)c1. The van der Waals surface area contributed by atoms with Gasteiger partial charge in [-0.15, -0.1) is 11.3 Å². The van der Waals surface area contributed by atoms with Gasteiger partial charge in [-0.05, 0) is 36.1 Å². The van der Waals surface area contributed by atoms with E-state index in [1.807, 2.05) is 43.1 Å². The Morgan fingerprint density at radius 2 is 2.15 bits per heavy atom. The molecule has 0 aliphatic carbocycles. The van der Waals surface area contributed by atoms with Crippen LogP contribution in [0.5, 0.6) is 0 Å². The zero-order valence-corrected chi connectivity index (χ0v) is 17.7. The zero-order chi connectivity index (χ0) is 19.9. The lowest BCUT2D eigenvalue weighted by atomic mass is 10.2. The highest BCUT2D eigenvalue weighted by atomic mass is 35.5. The van der Waals surface area contributed by atoms with Crippen molar-refractivity contribution in [2.45, 2.75) is 23.8 Å². The quantitative estimate of drug-likeness (QED) is 0.498. The molecular formula is C18H24ClN3O3S2. The number of aliphatic hydroxyl groups is 1. The zero-order valence-electron chi connectivity index (χ0n) is 15.3. The first kappa shape index (κ1) is 21.7. The van der Waals surface area contributed by atoms with E-state index in [2.05, 4.69) is 10.3 Å². The number of guanidine groups is 1. The van der Waals surface area contributed by atoms with Gasteiger partial charge in [0.2, 0.25) is 0 Å². The fourth-order valence-electron chi connectivity index (χ4n) is 2.47. The van der Waals surface area contributed by atoms with Crippen LogP contribution >= 0.6 is 22.9 Å². The number of thiophene rings is 1. The molecule has 0 saturated heterocycles. The maximum atomic E-state index is 12.2. The Labute approximate surface area is 169 Å². The number of aliphatic hydroxyl groups excluding tert-OH is 1. The molecule has 0 radical (unpaired) electrons. The highest BCUT2D eigenvalue weighted by Crippen LogP contribution is 2.18. The first-order valence-corrected chi connectivity index (χ1v) is 11.4. The summed E-state index contributed by atoms with van der Waals surface area (Å²) in [7, 11) is -1.63. The van der Waals surface area contributed by atoms with Crippen molar-refractivity contribution in [3.05, 3.63) is 52.4 Å². The van der Waals surface area contributed by atoms with Gasteiger partial charge in [0.05, 0.1) is 18.4 Å². The van der Waals surface area contributed by atoms with Gasteiger partial charge in [-0.3, -0.25) is 4.99 Å². The molecule has 0 amide bonds. The second-order valence-corrected chi connectivity index (χ2v) is 9.69. The van der Waals surface area contributed by atoms with Crippen molar-refractivity contribution in [1.82, 2.24) is 10.2 Å². The number of nitrogens with zero attached hydrogens (tertiary/aromatic N) is 2. The lowest BCUT2D eigenvalue weighted by Crippen LogP contribution is -2.39. The summed E-state index contributed by atoms with van der Waals surface area (Å²) < 4.78 is 24.7. The van der Waals surface area contributed by atoms with Gasteiger partial charge in [0.25, 0.3) is 0 Å². The standard InChI is InChI=1S/C18H24ClN3O3S2/c1-3-20-18(22(2)12-14-6-4-7-15(19)10-14)21-11-16(23)13-27(24,25)17-8-5-9-26-17/h4-10,16,23H,3,11-13H2,1-2H3,(H,20,21). The van der Waals surface area contributed by atoms with Crippen LogP contribution in [0.15, 0.2) is 51.0 Å². The summed E-state index contributed by atoms with van der Waals surface area (Å²) in [5, 5.41) is 15.7. The van der Waals surface area contributed by atoms with Crippen molar-refractivity contribution in [2.75, 3.05) is 25.9 Å². The Bertz CT molecular complexity index is 854. The van der Waals surface area contributed by atoms with Gasteiger partial charge in [0.15, 0.2) is 15.8 Å². The molecule has 0 saturated carbocycles. The fourth-order valence-corrected chi connectivity index (χ4v) is 5.15. The highest BCUT2D eigenvalue weighted by molar-refractivity contribution is 7.93. The third kappa shape index (κ3) is 6.80. The van der Waals surface area contributed by atoms with Crippen molar-refractivity contribution in [1.29, 1.82) is 0 Å². The van der Waals surface area contributed by atoms with E-state index in [1.54, 1.807) is 17.5 Å². The summed E-state index contributed by atoms with van der Waals surface area (Å²) in [5.41, 5.74) is 1.02. The van der Waals surface area contributed by atoms with Crippen LogP contribution < -0.4 is 5.32 Å². The number of hydrogen-bond donors (Lipinski definition) is 2. The molecule has 0 aliphatic heterocycles. The van der Waals surface area contributed by atoms with E-state index in [0.29, 0.717) is 24.1 Å². The van der Waals surface area contributed by atoms with E-state index in [4.69, 9.17) is 11.6 Å². The normalized spacial score (nSPS) is 13.4. The van der Waals surface area contributed by atoms with Gasteiger partial charge < -0.3 is 15.3 Å². The van der Waals surface area contributed by atoms with Gasteiger partial charge in [-0.25, -0.2) is 8.42 Å². The van der Waals surface area contributed by atoms with Crippen LogP contribution in [0.2, 0.25) is 5.02 Å². The van der Waals surface area contributed by atoms with Gasteiger partial charge in [-0.1, -0.05) is 29.8 Å². The van der Waals surface area contributed by atoms with E-state index < -0.39 is 15.9 Å². The molecule has 2 N–H and O–H groups in total. The predicted molar refractivity (Wildman–Crippen MR) is 111 cm³/mol. The first-order chi connectivity index (χ1) is 12.8. The minimum absolute atomic E-state index is 0.00712. The molecular weight excluding hydrogens is 406 g/mol. The fraction of sp³-hybridized carbons (Fsp3) is 0.389. The van der Waals surface area contributed by atoms with Crippen LogP contribution in [0.25, 0.3) is 0 Å². The topological polar surface area (TPSA) is 82.0 Å². The lowest BCUT2D eigenvalue weighted by molar-refractivity contribution is 0.205. The van der Waals surface area contributed by atoms with E-state index >= 15 is 0 Å². The van der Waals surface area contributed by atoms with Gasteiger partial charge in [0.1, 0.15) is 4.21 Å². The summed E-state index contributed by atoms with van der Waals surface area (Å²) in [6.07, 6.45) is -1.08. The third-order valence-corrected chi connectivity index (χ3v) is 7.19. The molecule has 1 heterocycles. The largest absolute Gasteiger partial charge is 0.390 e. The number of benzene rings is 1. The van der Waals surface area contributed by atoms with Crippen LogP contribution in [0.1, 0.15) is 12.5 Å². The molecule has 0 fully saturated rings. The Morgan fingerprint density at radius 3 is 2.78 bits per heavy atom. The van der Waals surface area contributed by atoms with Gasteiger partial charge in [0, 0.05) is 25.2 Å². The Balaban J connectivity index is 2.01. The molecule has 2 rings (SSSR count). The lowest BCUT2D eigenvalue weighted by Gasteiger charge is -2.22. The first-order valence-electron chi connectivity index (χ1n) is 8.50. The summed E-state index contributed by atoms with van der Waals surface area (Å²) in [6, 6.07) is 10.8. The molecule has 9 heteroatoms. The second kappa shape index (κ2) is 10.1. The maximum absolute atomic E-state index is 12.2. The van der Waals surface area contributed by atoms with E-state index in [0.717, 1.165) is 16.9 Å². The molecule has 148 valence electrons. The van der Waals surface area contributed by atoms with Crippen molar-refractivity contribution in [3.8, 4) is 0 Å². The number of aliphatic imine (C=N–C) groups is 1. The Morgan fingerprint density at radius 1 is 1.37 bits per heavy atom. The number of nitrogens with one attached hydrogen (secondary N) is 1. The Hall–Kier alpha value is -1.61. The van der Waals surface area contributed by atoms with Crippen LogP contribution in [0.4, 0.5) is 0 Å². The summed E-state index contributed by atoms with van der Waals surface area (Å²) >= 11 is 7.17. The monoisotopic (exact) mass is 429 g/mol. The number of hydrogen-bond acceptors (Lipinski definition) is 5. The maximum Gasteiger partial charge on any atom is 0.194 e. The van der Waals surface area contributed by atoms with Crippen LogP contribution in [-0.4, -0.2) is 56.4 Å².